The summed E-state index contributed by atoms with van der Waals surface area (Å²) in [6.45, 7) is 2.42. The average Bonchev–Trinajstić information content (AvgIpc) is 2.78. The largest absolute Gasteiger partial charge is 0.493 e. The summed E-state index contributed by atoms with van der Waals surface area (Å²) in [5.74, 6) is 0.282. The minimum atomic E-state index is -0.443. The van der Waals surface area contributed by atoms with Crippen LogP contribution in [0.1, 0.15) is 22.8 Å². The van der Waals surface area contributed by atoms with Gasteiger partial charge in [0.25, 0.3) is 5.56 Å². The van der Waals surface area contributed by atoms with Gasteiger partial charge in [-0.25, -0.2) is 0 Å². The Hall–Kier alpha value is -3.63. The van der Waals surface area contributed by atoms with Crippen LogP contribution in [0.25, 0.3) is 28.1 Å². The number of hydrogen-bond donors (Lipinski definition) is 1. The standard InChI is InChI=1S/C26H20ClNO3/c1-2-31-23-11-7-6-8-17(23)12-15-22(29)25-24(18-9-4-3-5-10-18)20-16-19(27)13-14-21(20)28-26(25)30/h3-16H,2H2,1H3,(H,28,30). The summed E-state index contributed by atoms with van der Waals surface area (Å²) >= 11 is 6.23. The molecule has 4 nitrogen and oxygen atoms in total. The lowest BCUT2D eigenvalue weighted by atomic mass is 9.94. The minimum absolute atomic E-state index is 0.0751. The zero-order chi connectivity index (χ0) is 21.8. The van der Waals surface area contributed by atoms with Crippen molar-refractivity contribution in [1.82, 2.24) is 4.98 Å². The number of carbonyl (C=O) groups is 1. The first kappa shape index (κ1) is 20.6. The van der Waals surface area contributed by atoms with E-state index in [1.165, 1.54) is 6.08 Å². The number of hydrogen-bond acceptors (Lipinski definition) is 3. The van der Waals surface area contributed by atoms with Crippen molar-refractivity contribution in [3.63, 3.8) is 0 Å². The van der Waals surface area contributed by atoms with Gasteiger partial charge in [0.05, 0.1) is 12.2 Å². The second kappa shape index (κ2) is 9.02. The molecule has 0 aliphatic rings. The van der Waals surface area contributed by atoms with E-state index >= 15 is 0 Å². The van der Waals surface area contributed by atoms with E-state index in [9.17, 15) is 9.59 Å². The number of pyridine rings is 1. The molecule has 1 aromatic heterocycles. The molecule has 0 bridgehead atoms. The van der Waals surface area contributed by atoms with E-state index in [0.29, 0.717) is 33.8 Å². The lowest BCUT2D eigenvalue weighted by Crippen LogP contribution is -2.18. The number of ketones is 1. The zero-order valence-corrected chi connectivity index (χ0v) is 17.6. The predicted octanol–water partition coefficient (Wildman–Crippen LogP) is 6.14. The number of rotatable bonds is 6. The van der Waals surface area contributed by atoms with Crippen LogP contribution >= 0.6 is 11.6 Å². The minimum Gasteiger partial charge on any atom is -0.493 e. The predicted molar refractivity (Wildman–Crippen MR) is 126 cm³/mol. The highest BCUT2D eigenvalue weighted by Crippen LogP contribution is 2.31. The Kier molecular flexibility index (Phi) is 6.01. The van der Waals surface area contributed by atoms with Gasteiger partial charge in [-0.3, -0.25) is 9.59 Å². The van der Waals surface area contributed by atoms with Crippen molar-refractivity contribution in [2.75, 3.05) is 6.61 Å². The van der Waals surface area contributed by atoms with Crippen molar-refractivity contribution in [3.05, 3.63) is 105 Å². The molecule has 0 unspecified atom stereocenters. The van der Waals surface area contributed by atoms with Crippen molar-refractivity contribution >= 4 is 34.4 Å². The highest BCUT2D eigenvalue weighted by molar-refractivity contribution is 6.31. The molecule has 0 aliphatic carbocycles. The van der Waals surface area contributed by atoms with Gasteiger partial charge in [0.15, 0.2) is 5.78 Å². The maximum Gasteiger partial charge on any atom is 0.260 e. The highest BCUT2D eigenvalue weighted by atomic mass is 35.5. The van der Waals surface area contributed by atoms with Gasteiger partial charge in [0.2, 0.25) is 0 Å². The van der Waals surface area contributed by atoms with E-state index in [1.54, 1.807) is 24.3 Å². The van der Waals surface area contributed by atoms with Gasteiger partial charge in [-0.1, -0.05) is 60.1 Å². The number of aromatic amines is 1. The summed E-state index contributed by atoms with van der Waals surface area (Å²) in [5.41, 5.74) is 2.35. The first-order valence-electron chi connectivity index (χ1n) is 9.93. The summed E-state index contributed by atoms with van der Waals surface area (Å²) < 4.78 is 5.62. The molecule has 0 fully saturated rings. The first-order chi connectivity index (χ1) is 15.1. The molecule has 0 aliphatic heterocycles. The van der Waals surface area contributed by atoms with Crippen LogP contribution in [-0.2, 0) is 0 Å². The van der Waals surface area contributed by atoms with Crippen LogP contribution in [0.15, 0.2) is 83.7 Å². The molecule has 4 aromatic rings. The second-order valence-corrected chi connectivity index (χ2v) is 7.36. The number of ether oxygens (including phenoxy) is 1. The Bertz CT molecular complexity index is 1340. The van der Waals surface area contributed by atoms with E-state index in [-0.39, 0.29) is 5.56 Å². The average molecular weight is 430 g/mol. The molecule has 0 amide bonds. The molecule has 0 radical (unpaired) electrons. The number of allylic oxidation sites excluding steroid dienone is 1. The number of aromatic nitrogens is 1. The fourth-order valence-corrected chi connectivity index (χ4v) is 3.73. The molecule has 0 spiro atoms. The molecule has 1 N–H and O–H groups in total. The van der Waals surface area contributed by atoms with Crippen molar-refractivity contribution in [1.29, 1.82) is 0 Å². The quantitative estimate of drug-likeness (QED) is 0.295. The van der Waals surface area contributed by atoms with Crippen LogP contribution in [0.4, 0.5) is 0 Å². The number of fused-ring (bicyclic) bond motifs is 1. The number of nitrogens with one attached hydrogen (secondary N) is 1. The molecular formula is C26H20ClNO3. The van der Waals surface area contributed by atoms with Gasteiger partial charge in [-0.2, -0.15) is 0 Å². The molecule has 0 atom stereocenters. The van der Waals surface area contributed by atoms with E-state index in [1.807, 2.05) is 61.5 Å². The maximum atomic E-state index is 13.3. The van der Waals surface area contributed by atoms with Gasteiger partial charge in [-0.05, 0) is 48.9 Å². The van der Waals surface area contributed by atoms with Gasteiger partial charge in [0, 0.05) is 27.1 Å². The molecule has 154 valence electrons. The van der Waals surface area contributed by atoms with Gasteiger partial charge in [-0.15, -0.1) is 0 Å². The third kappa shape index (κ3) is 4.30. The second-order valence-electron chi connectivity index (χ2n) is 6.93. The van der Waals surface area contributed by atoms with Crippen molar-refractivity contribution < 1.29 is 9.53 Å². The summed E-state index contributed by atoms with van der Waals surface area (Å²) in [7, 11) is 0. The van der Waals surface area contributed by atoms with Crippen molar-refractivity contribution in [2.45, 2.75) is 6.92 Å². The summed E-state index contributed by atoms with van der Waals surface area (Å²) in [5, 5.41) is 1.24. The molecule has 5 heteroatoms. The van der Waals surface area contributed by atoms with Crippen LogP contribution in [0.5, 0.6) is 5.75 Å². The lowest BCUT2D eigenvalue weighted by Gasteiger charge is -2.12. The molecule has 4 rings (SSSR count). The smallest absolute Gasteiger partial charge is 0.260 e. The SMILES string of the molecule is CCOc1ccccc1C=CC(=O)c1c(-c2ccccc2)c2cc(Cl)ccc2[nH]c1=O. The van der Waals surface area contributed by atoms with E-state index in [0.717, 1.165) is 11.1 Å². The van der Waals surface area contributed by atoms with Gasteiger partial charge < -0.3 is 9.72 Å². The van der Waals surface area contributed by atoms with E-state index < -0.39 is 11.3 Å². The molecule has 0 saturated carbocycles. The molecule has 0 saturated heterocycles. The summed E-state index contributed by atoms with van der Waals surface area (Å²) in [6.07, 6.45) is 3.08. The number of halogens is 1. The highest BCUT2D eigenvalue weighted by Gasteiger charge is 2.19. The number of carbonyl (C=O) groups excluding carboxylic acids is 1. The molecule has 31 heavy (non-hydrogen) atoms. The maximum absolute atomic E-state index is 13.3. The third-order valence-corrected chi connectivity index (χ3v) is 5.15. The van der Waals surface area contributed by atoms with Crippen molar-refractivity contribution in [2.24, 2.45) is 0 Å². The Balaban J connectivity index is 1.89. The monoisotopic (exact) mass is 429 g/mol. The van der Waals surface area contributed by atoms with Gasteiger partial charge in [0.1, 0.15) is 5.75 Å². The number of benzene rings is 3. The fraction of sp³-hybridized carbons (Fsp3) is 0.0769. The number of para-hydroxylation sites is 1. The number of H-pyrrole nitrogens is 1. The Labute approximate surface area is 184 Å². The van der Waals surface area contributed by atoms with Crippen LogP contribution < -0.4 is 10.3 Å². The van der Waals surface area contributed by atoms with E-state index in [4.69, 9.17) is 16.3 Å². The third-order valence-electron chi connectivity index (χ3n) is 4.92. The normalized spacial score (nSPS) is 11.2. The Morgan fingerprint density at radius 1 is 1.03 bits per heavy atom. The van der Waals surface area contributed by atoms with Crippen LogP contribution in [-0.4, -0.2) is 17.4 Å². The molecule has 3 aromatic carbocycles. The van der Waals surface area contributed by atoms with Crippen LogP contribution in [0.2, 0.25) is 5.02 Å². The first-order valence-corrected chi connectivity index (χ1v) is 10.3. The molecular weight excluding hydrogens is 410 g/mol. The van der Waals surface area contributed by atoms with Crippen LogP contribution in [0, 0.1) is 0 Å². The fourth-order valence-electron chi connectivity index (χ4n) is 3.56. The van der Waals surface area contributed by atoms with E-state index in [2.05, 4.69) is 4.98 Å². The Morgan fingerprint density at radius 2 is 1.77 bits per heavy atom. The van der Waals surface area contributed by atoms with Gasteiger partial charge >= 0.3 is 0 Å². The topological polar surface area (TPSA) is 59.2 Å². The molecule has 1 heterocycles. The van der Waals surface area contributed by atoms with Crippen molar-refractivity contribution in [3.8, 4) is 16.9 Å². The summed E-state index contributed by atoms with van der Waals surface area (Å²) in [6, 6.07) is 22.0. The lowest BCUT2D eigenvalue weighted by molar-refractivity contribution is 0.104. The summed E-state index contributed by atoms with van der Waals surface area (Å²) in [4.78, 5) is 29.0. The zero-order valence-electron chi connectivity index (χ0n) is 16.9. The Morgan fingerprint density at radius 3 is 2.55 bits per heavy atom. The van der Waals surface area contributed by atoms with Crippen LogP contribution in [0.3, 0.4) is 0 Å².